The van der Waals surface area contributed by atoms with Gasteiger partial charge in [0.1, 0.15) is 5.75 Å². The zero-order valence-electron chi connectivity index (χ0n) is 13.3. The number of piperidine rings is 1. The van der Waals surface area contributed by atoms with E-state index in [1.54, 1.807) is 0 Å². The molecule has 0 radical (unpaired) electrons. The van der Waals surface area contributed by atoms with Gasteiger partial charge in [0.25, 0.3) is 0 Å². The lowest BCUT2D eigenvalue weighted by Crippen LogP contribution is -2.43. The lowest BCUT2D eigenvalue weighted by molar-refractivity contribution is 0.0871. The number of Topliss-reactive ketones (excluding diaryl/α,β-unsaturated/α-hetero) is 1. The molecule has 0 unspecified atom stereocenters. The summed E-state index contributed by atoms with van der Waals surface area (Å²) in [4.78, 5) is 16.9. The minimum Gasteiger partial charge on any atom is -0.494 e. The van der Waals surface area contributed by atoms with E-state index in [1.165, 1.54) is 0 Å². The Bertz CT molecular complexity index is 450. The molecule has 4 nitrogen and oxygen atoms in total. The fourth-order valence-electron chi connectivity index (χ4n) is 2.79. The van der Waals surface area contributed by atoms with Gasteiger partial charge in [-0.15, -0.1) is 0 Å². The first-order valence-corrected chi connectivity index (χ1v) is 7.75. The maximum atomic E-state index is 12.3. The molecule has 1 heterocycles. The van der Waals surface area contributed by atoms with Crippen LogP contribution in [0.4, 0.5) is 0 Å². The Morgan fingerprint density at radius 1 is 1.29 bits per heavy atom. The van der Waals surface area contributed by atoms with Crippen LogP contribution in [-0.2, 0) is 0 Å². The summed E-state index contributed by atoms with van der Waals surface area (Å²) >= 11 is 0. The number of rotatable bonds is 6. The summed E-state index contributed by atoms with van der Waals surface area (Å²) in [5.74, 6) is 0.997. The molecular weight excluding hydrogens is 264 g/mol. The summed E-state index contributed by atoms with van der Waals surface area (Å²) in [7, 11) is 4.21. The molecule has 1 aliphatic rings. The highest BCUT2D eigenvalue weighted by Gasteiger charge is 2.22. The molecule has 1 aromatic rings. The van der Waals surface area contributed by atoms with E-state index in [1.807, 2.05) is 31.2 Å². The van der Waals surface area contributed by atoms with Crippen molar-refractivity contribution in [3.63, 3.8) is 0 Å². The van der Waals surface area contributed by atoms with Gasteiger partial charge < -0.3 is 9.64 Å². The lowest BCUT2D eigenvalue weighted by atomic mass is 10.0. The third-order valence-electron chi connectivity index (χ3n) is 4.19. The van der Waals surface area contributed by atoms with Crippen molar-refractivity contribution in [2.24, 2.45) is 0 Å². The van der Waals surface area contributed by atoms with Crippen LogP contribution in [0.3, 0.4) is 0 Å². The van der Waals surface area contributed by atoms with Gasteiger partial charge in [-0.3, -0.25) is 9.69 Å². The van der Waals surface area contributed by atoms with E-state index in [0.717, 1.165) is 37.2 Å². The summed E-state index contributed by atoms with van der Waals surface area (Å²) in [6.45, 7) is 5.32. The SMILES string of the molecule is CCOc1ccc(C(=O)CN(C)C2CCN(C)CC2)cc1. The molecule has 2 rings (SSSR count). The van der Waals surface area contributed by atoms with E-state index in [4.69, 9.17) is 4.74 Å². The Morgan fingerprint density at radius 3 is 2.48 bits per heavy atom. The number of likely N-dealkylation sites (N-methyl/N-ethyl adjacent to an activating group) is 1. The summed E-state index contributed by atoms with van der Waals surface area (Å²) in [6, 6.07) is 7.97. The van der Waals surface area contributed by atoms with E-state index in [2.05, 4.69) is 23.9 Å². The second kappa shape index (κ2) is 7.57. The fraction of sp³-hybridized carbons (Fsp3) is 0.588. The predicted molar refractivity (Wildman–Crippen MR) is 85.1 cm³/mol. The normalized spacial score (nSPS) is 17.1. The van der Waals surface area contributed by atoms with Gasteiger partial charge in [0, 0.05) is 11.6 Å². The molecule has 0 aliphatic carbocycles. The number of benzene rings is 1. The van der Waals surface area contributed by atoms with Gasteiger partial charge in [-0.05, 0) is 71.2 Å². The summed E-state index contributed by atoms with van der Waals surface area (Å²) in [6.07, 6.45) is 2.28. The van der Waals surface area contributed by atoms with Crippen LogP contribution in [0.15, 0.2) is 24.3 Å². The fourth-order valence-corrected chi connectivity index (χ4v) is 2.79. The summed E-state index contributed by atoms with van der Waals surface area (Å²) in [5.41, 5.74) is 0.762. The maximum absolute atomic E-state index is 12.3. The van der Waals surface area contributed by atoms with E-state index >= 15 is 0 Å². The van der Waals surface area contributed by atoms with Crippen LogP contribution in [0.5, 0.6) is 5.75 Å². The molecule has 4 heteroatoms. The first kappa shape index (κ1) is 16.0. The van der Waals surface area contributed by atoms with Crippen LogP contribution >= 0.6 is 0 Å². The number of hydrogen-bond donors (Lipinski definition) is 0. The molecule has 0 bridgehead atoms. The van der Waals surface area contributed by atoms with E-state index in [0.29, 0.717) is 19.2 Å². The van der Waals surface area contributed by atoms with Crippen molar-refractivity contribution in [3.8, 4) is 5.75 Å². The van der Waals surface area contributed by atoms with Gasteiger partial charge in [-0.1, -0.05) is 0 Å². The number of ether oxygens (including phenoxy) is 1. The Kier molecular flexibility index (Phi) is 5.76. The number of carbonyl (C=O) groups excluding carboxylic acids is 1. The highest BCUT2D eigenvalue weighted by Crippen LogP contribution is 2.16. The Labute approximate surface area is 127 Å². The molecule has 1 aromatic carbocycles. The number of likely N-dealkylation sites (tertiary alicyclic amines) is 1. The molecule has 0 spiro atoms. The second-order valence-electron chi connectivity index (χ2n) is 5.83. The molecule has 1 saturated heterocycles. The van der Waals surface area contributed by atoms with Gasteiger partial charge in [-0.25, -0.2) is 0 Å². The predicted octanol–water partition coefficient (Wildman–Crippen LogP) is 2.29. The molecule has 0 aromatic heterocycles. The number of ketones is 1. The molecule has 1 fully saturated rings. The van der Waals surface area contributed by atoms with E-state index < -0.39 is 0 Å². The highest BCUT2D eigenvalue weighted by atomic mass is 16.5. The molecule has 1 aliphatic heterocycles. The number of carbonyl (C=O) groups is 1. The van der Waals surface area contributed by atoms with Crippen molar-refractivity contribution in [1.82, 2.24) is 9.80 Å². The van der Waals surface area contributed by atoms with Crippen molar-refractivity contribution in [2.75, 3.05) is 40.3 Å². The van der Waals surface area contributed by atoms with Crippen LogP contribution in [0.25, 0.3) is 0 Å². The highest BCUT2D eigenvalue weighted by molar-refractivity contribution is 5.97. The molecule has 21 heavy (non-hydrogen) atoms. The number of hydrogen-bond acceptors (Lipinski definition) is 4. The Morgan fingerprint density at radius 2 is 1.90 bits per heavy atom. The zero-order valence-corrected chi connectivity index (χ0v) is 13.3. The monoisotopic (exact) mass is 290 g/mol. The average molecular weight is 290 g/mol. The topological polar surface area (TPSA) is 32.8 Å². The smallest absolute Gasteiger partial charge is 0.176 e. The zero-order chi connectivity index (χ0) is 15.2. The summed E-state index contributed by atoms with van der Waals surface area (Å²) in [5, 5.41) is 0. The van der Waals surface area contributed by atoms with Gasteiger partial charge in [0.15, 0.2) is 5.78 Å². The van der Waals surface area contributed by atoms with Crippen LogP contribution in [0.1, 0.15) is 30.1 Å². The van der Waals surface area contributed by atoms with Gasteiger partial charge in [-0.2, -0.15) is 0 Å². The molecule has 0 atom stereocenters. The summed E-state index contributed by atoms with van der Waals surface area (Å²) < 4.78 is 5.40. The van der Waals surface area contributed by atoms with Crippen molar-refractivity contribution >= 4 is 5.78 Å². The van der Waals surface area contributed by atoms with Gasteiger partial charge in [0.05, 0.1) is 13.2 Å². The van der Waals surface area contributed by atoms with E-state index in [-0.39, 0.29) is 5.78 Å². The van der Waals surface area contributed by atoms with Crippen molar-refractivity contribution in [3.05, 3.63) is 29.8 Å². The van der Waals surface area contributed by atoms with Gasteiger partial charge >= 0.3 is 0 Å². The molecule has 0 saturated carbocycles. The Balaban J connectivity index is 1.88. The minimum atomic E-state index is 0.180. The van der Waals surface area contributed by atoms with Crippen molar-refractivity contribution < 1.29 is 9.53 Å². The third kappa shape index (κ3) is 4.55. The number of nitrogens with zero attached hydrogens (tertiary/aromatic N) is 2. The molecule has 0 amide bonds. The molecule has 0 N–H and O–H groups in total. The molecular formula is C17H26N2O2. The van der Waals surface area contributed by atoms with Crippen LogP contribution < -0.4 is 4.74 Å². The molecule has 116 valence electrons. The maximum Gasteiger partial charge on any atom is 0.176 e. The quantitative estimate of drug-likeness (QED) is 0.753. The first-order chi connectivity index (χ1) is 10.1. The van der Waals surface area contributed by atoms with Crippen molar-refractivity contribution in [2.45, 2.75) is 25.8 Å². The Hall–Kier alpha value is -1.39. The second-order valence-corrected chi connectivity index (χ2v) is 5.83. The third-order valence-corrected chi connectivity index (χ3v) is 4.19. The standard InChI is InChI=1S/C17H26N2O2/c1-4-21-16-7-5-14(6-8-16)17(20)13-19(3)15-9-11-18(2)12-10-15/h5-8,15H,4,9-13H2,1-3H3. The van der Waals surface area contributed by atoms with Crippen molar-refractivity contribution in [1.29, 1.82) is 0 Å². The largest absolute Gasteiger partial charge is 0.494 e. The van der Waals surface area contributed by atoms with Crippen LogP contribution in [-0.4, -0.2) is 62.0 Å². The first-order valence-electron chi connectivity index (χ1n) is 7.75. The van der Waals surface area contributed by atoms with E-state index in [9.17, 15) is 4.79 Å². The van der Waals surface area contributed by atoms with Crippen LogP contribution in [0.2, 0.25) is 0 Å². The minimum absolute atomic E-state index is 0.180. The average Bonchev–Trinajstić information content (AvgIpc) is 2.49. The van der Waals surface area contributed by atoms with Crippen LogP contribution in [0, 0.1) is 0 Å². The van der Waals surface area contributed by atoms with Gasteiger partial charge in [0.2, 0.25) is 0 Å². The lowest BCUT2D eigenvalue weighted by Gasteiger charge is -2.34.